The molecule has 1 N–H and O–H groups in total. The summed E-state index contributed by atoms with van der Waals surface area (Å²) in [6.45, 7) is 3.77. The molecule has 26 heavy (non-hydrogen) atoms. The topological polar surface area (TPSA) is 58.6 Å². The van der Waals surface area contributed by atoms with Gasteiger partial charge in [0.2, 0.25) is 0 Å². The minimum Gasteiger partial charge on any atom is -0.483 e. The highest BCUT2D eigenvalue weighted by Crippen LogP contribution is 2.31. The van der Waals surface area contributed by atoms with Crippen molar-refractivity contribution in [1.82, 2.24) is 10.2 Å². The first kappa shape index (κ1) is 19.4. The number of likely N-dealkylation sites (tertiary alicyclic amines) is 1. The third kappa shape index (κ3) is 4.86. The molecule has 0 bridgehead atoms. The van der Waals surface area contributed by atoms with E-state index in [4.69, 9.17) is 17.0 Å². The predicted octanol–water partition coefficient (Wildman–Crippen LogP) is 3.58. The summed E-state index contributed by atoms with van der Waals surface area (Å²) in [7, 11) is 0. The van der Waals surface area contributed by atoms with Crippen molar-refractivity contribution in [3.63, 3.8) is 0 Å². The van der Waals surface area contributed by atoms with Crippen LogP contribution in [0.15, 0.2) is 27.6 Å². The van der Waals surface area contributed by atoms with Gasteiger partial charge in [-0.1, -0.05) is 46.8 Å². The van der Waals surface area contributed by atoms with Crippen molar-refractivity contribution in [2.75, 3.05) is 19.7 Å². The standard InChI is InChI=1S/C18H19BrN2O3S2/c1-11-4-6-21(7-5-11)16(22)10-24-14-3-2-13(19)8-12(14)9-15-17(23)20-18(25)26-15/h2-3,8-9,11H,4-7,10H2,1H3,(H,20,23,25)/b15-9-. The van der Waals surface area contributed by atoms with Gasteiger partial charge in [0.05, 0.1) is 4.91 Å². The summed E-state index contributed by atoms with van der Waals surface area (Å²) >= 11 is 9.66. The number of thiocarbonyl (C=S) groups is 1. The van der Waals surface area contributed by atoms with E-state index in [1.54, 1.807) is 12.1 Å². The van der Waals surface area contributed by atoms with Crippen molar-refractivity contribution >= 4 is 62.1 Å². The average Bonchev–Trinajstić information content (AvgIpc) is 2.92. The molecule has 0 aromatic heterocycles. The lowest BCUT2D eigenvalue weighted by atomic mass is 9.99. The summed E-state index contributed by atoms with van der Waals surface area (Å²) in [4.78, 5) is 26.6. The van der Waals surface area contributed by atoms with Gasteiger partial charge >= 0.3 is 0 Å². The van der Waals surface area contributed by atoms with Gasteiger partial charge in [0.1, 0.15) is 10.1 Å². The van der Waals surface area contributed by atoms with Crippen LogP contribution in [0.5, 0.6) is 5.75 Å². The van der Waals surface area contributed by atoms with E-state index < -0.39 is 0 Å². The first-order valence-corrected chi connectivity index (χ1v) is 10.4. The number of carbonyl (C=O) groups excluding carboxylic acids is 2. The first-order valence-electron chi connectivity index (χ1n) is 8.37. The number of halogens is 1. The highest BCUT2D eigenvalue weighted by Gasteiger charge is 2.23. The molecule has 1 aromatic rings. The Morgan fingerprint density at radius 3 is 2.85 bits per heavy atom. The van der Waals surface area contributed by atoms with Crippen LogP contribution in [0.1, 0.15) is 25.3 Å². The molecule has 0 atom stereocenters. The Morgan fingerprint density at radius 2 is 2.19 bits per heavy atom. The molecule has 0 saturated carbocycles. The Hall–Kier alpha value is -1.38. The maximum atomic E-state index is 12.4. The third-order valence-electron chi connectivity index (χ3n) is 4.39. The van der Waals surface area contributed by atoms with Gasteiger partial charge < -0.3 is 15.0 Å². The monoisotopic (exact) mass is 454 g/mol. The number of hydrogen-bond donors (Lipinski definition) is 1. The molecule has 0 aliphatic carbocycles. The van der Waals surface area contributed by atoms with Crippen LogP contribution in [-0.2, 0) is 9.59 Å². The molecular formula is C18H19BrN2O3S2. The number of rotatable bonds is 4. The van der Waals surface area contributed by atoms with Crippen LogP contribution >= 0.6 is 39.9 Å². The number of nitrogens with one attached hydrogen (secondary N) is 1. The van der Waals surface area contributed by atoms with E-state index in [-0.39, 0.29) is 18.4 Å². The summed E-state index contributed by atoms with van der Waals surface area (Å²) < 4.78 is 7.07. The van der Waals surface area contributed by atoms with Crippen molar-refractivity contribution < 1.29 is 14.3 Å². The van der Waals surface area contributed by atoms with Gasteiger partial charge in [-0.25, -0.2) is 0 Å². The van der Waals surface area contributed by atoms with Crippen LogP contribution in [0.25, 0.3) is 6.08 Å². The van der Waals surface area contributed by atoms with Gasteiger partial charge in [0, 0.05) is 23.1 Å². The molecule has 2 saturated heterocycles. The van der Waals surface area contributed by atoms with Gasteiger partial charge in [0.25, 0.3) is 11.8 Å². The average molecular weight is 455 g/mol. The molecule has 2 amide bonds. The molecule has 0 spiro atoms. The molecule has 1 aromatic carbocycles. The zero-order chi connectivity index (χ0) is 18.7. The molecule has 2 aliphatic heterocycles. The van der Waals surface area contributed by atoms with E-state index in [2.05, 4.69) is 28.2 Å². The van der Waals surface area contributed by atoms with Crippen LogP contribution in [0.4, 0.5) is 0 Å². The second-order valence-electron chi connectivity index (χ2n) is 6.39. The normalized spacial score (nSPS) is 19.8. The van der Waals surface area contributed by atoms with E-state index in [1.807, 2.05) is 17.0 Å². The number of piperidine rings is 1. The Balaban J connectivity index is 1.70. The van der Waals surface area contributed by atoms with E-state index in [0.29, 0.717) is 20.9 Å². The van der Waals surface area contributed by atoms with Crippen molar-refractivity contribution in [1.29, 1.82) is 0 Å². The summed E-state index contributed by atoms with van der Waals surface area (Å²) in [5.41, 5.74) is 0.724. The summed E-state index contributed by atoms with van der Waals surface area (Å²) in [6.07, 6.45) is 3.80. The predicted molar refractivity (Wildman–Crippen MR) is 111 cm³/mol. The van der Waals surface area contributed by atoms with Crippen LogP contribution < -0.4 is 10.1 Å². The molecular weight excluding hydrogens is 436 g/mol. The fraction of sp³-hybridized carbons (Fsp3) is 0.389. The highest BCUT2D eigenvalue weighted by molar-refractivity contribution is 9.10. The number of nitrogens with zero attached hydrogens (tertiary/aromatic N) is 1. The Labute approximate surface area is 170 Å². The maximum absolute atomic E-state index is 12.4. The second kappa shape index (κ2) is 8.54. The van der Waals surface area contributed by atoms with E-state index in [0.717, 1.165) is 36.0 Å². The Morgan fingerprint density at radius 1 is 1.46 bits per heavy atom. The zero-order valence-electron chi connectivity index (χ0n) is 14.3. The van der Waals surface area contributed by atoms with Crippen LogP contribution in [-0.4, -0.2) is 40.7 Å². The highest BCUT2D eigenvalue weighted by atomic mass is 79.9. The lowest BCUT2D eigenvalue weighted by molar-refractivity contribution is -0.134. The SMILES string of the molecule is CC1CCN(C(=O)COc2ccc(Br)cc2/C=C2\SC(=S)NC2=O)CC1. The van der Waals surface area contributed by atoms with Gasteiger partial charge in [-0.3, -0.25) is 9.59 Å². The Bertz CT molecular complexity index is 774. The second-order valence-corrected chi connectivity index (χ2v) is 9.02. The largest absolute Gasteiger partial charge is 0.483 e. The molecule has 0 radical (unpaired) electrons. The van der Waals surface area contributed by atoms with Crippen molar-refractivity contribution in [3.05, 3.63) is 33.1 Å². The third-order valence-corrected chi connectivity index (χ3v) is 6.04. The van der Waals surface area contributed by atoms with E-state index in [1.165, 1.54) is 11.8 Å². The maximum Gasteiger partial charge on any atom is 0.263 e. The molecule has 2 fully saturated rings. The molecule has 5 nitrogen and oxygen atoms in total. The molecule has 3 rings (SSSR count). The number of carbonyl (C=O) groups is 2. The summed E-state index contributed by atoms with van der Waals surface area (Å²) in [5.74, 6) is 1.01. The minimum atomic E-state index is -0.218. The van der Waals surface area contributed by atoms with Gasteiger partial charge in [-0.15, -0.1) is 0 Å². The minimum absolute atomic E-state index is 0.00687. The molecule has 8 heteroatoms. The number of ether oxygens (including phenoxy) is 1. The van der Waals surface area contributed by atoms with Crippen LogP contribution in [0.2, 0.25) is 0 Å². The van der Waals surface area contributed by atoms with Crippen molar-refractivity contribution in [2.45, 2.75) is 19.8 Å². The van der Waals surface area contributed by atoms with Crippen LogP contribution in [0, 0.1) is 5.92 Å². The first-order chi connectivity index (χ1) is 12.4. The van der Waals surface area contributed by atoms with Gasteiger partial charge in [-0.2, -0.15) is 0 Å². The van der Waals surface area contributed by atoms with Crippen molar-refractivity contribution in [2.24, 2.45) is 5.92 Å². The van der Waals surface area contributed by atoms with E-state index in [9.17, 15) is 9.59 Å². The van der Waals surface area contributed by atoms with Crippen LogP contribution in [0.3, 0.4) is 0 Å². The summed E-state index contributed by atoms with van der Waals surface area (Å²) in [5, 5.41) is 2.59. The van der Waals surface area contributed by atoms with Gasteiger partial charge in [-0.05, 0) is 43.0 Å². The number of benzene rings is 1. The fourth-order valence-electron chi connectivity index (χ4n) is 2.81. The lowest BCUT2D eigenvalue weighted by Gasteiger charge is -2.30. The fourth-order valence-corrected chi connectivity index (χ4v) is 4.23. The number of thioether (sulfide) groups is 1. The smallest absolute Gasteiger partial charge is 0.263 e. The Kier molecular flexibility index (Phi) is 6.37. The quantitative estimate of drug-likeness (QED) is 0.556. The lowest BCUT2D eigenvalue weighted by Crippen LogP contribution is -2.40. The molecule has 138 valence electrons. The van der Waals surface area contributed by atoms with E-state index >= 15 is 0 Å². The molecule has 0 unspecified atom stereocenters. The molecule has 2 aliphatic rings. The number of amides is 2. The zero-order valence-corrected chi connectivity index (χ0v) is 17.5. The summed E-state index contributed by atoms with van der Waals surface area (Å²) in [6, 6.07) is 5.49. The molecule has 2 heterocycles. The number of hydrogen-bond acceptors (Lipinski definition) is 5. The van der Waals surface area contributed by atoms with Crippen molar-refractivity contribution in [3.8, 4) is 5.75 Å². The van der Waals surface area contributed by atoms with Gasteiger partial charge in [0.15, 0.2) is 6.61 Å².